The number of alkyl carbamates (subject to hydrolysis) is 1. The Kier molecular flexibility index (Phi) is 12.9. The summed E-state index contributed by atoms with van der Waals surface area (Å²) in [5.41, 5.74) is 4.16. The Bertz CT molecular complexity index is 1820. The van der Waals surface area contributed by atoms with Crippen LogP contribution in [0, 0.1) is 0 Å². The molecule has 1 aliphatic heterocycles. The maximum absolute atomic E-state index is 12.7. The van der Waals surface area contributed by atoms with Gasteiger partial charge in [-0.3, -0.25) is 19.2 Å². The fraction of sp³-hybridized carbons (Fsp3) is 0.429. The van der Waals surface area contributed by atoms with Crippen molar-refractivity contribution in [2.45, 2.75) is 76.9 Å². The molecule has 2 aromatic carbocycles. The number of amides is 1. The minimum Gasteiger partial charge on any atom is -0.480 e. The van der Waals surface area contributed by atoms with E-state index in [4.69, 9.17) is 38.2 Å². The van der Waals surface area contributed by atoms with Gasteiger partial charge in [0, 0.05) is 33.6 Å². The van der Waals surface area contributed by atoms with Gasteiger partial charge in [-0.25, -0.2) is 24.0 Å². The lowest BCUT2D eigenvalue weighted by Gasteiger charge is -2.44. The van der Waals surface area contributed by atoms with Gasteiger partial charge in [-0.05, 0) is 22.3 Å². The Hall–Kier alpha value is -5.92. The Morgan fingerprint density at radius 3 is 1.96 bits per heavy atom. The molecule has 1 aliphatic carbocycles. The highest BCUT2D eigenvalue weighted by molar-refractivity contribution is 5.81. The molecule has 0 unspecified atom stereocenters. The lowest BCUT2D eigenvalue weighted by Crippen LogP contribution is -2.60. The summed E-state index contributed by atoms with van der Waals surface area (Å²) in [5.74, 6) is -4.72. The van der Waals surface area contributed by atoms with E-state index in [2.05, 4.69) is 15.6 Å². The molecule has 5 rings (SSSR count). The lowest BCUT2D eigenvalue weighted by atomic mass is 9.97. The standard InChI is InChI=1S/C35H38N4O15/c1-18(40)47-17-29-30(51-19(2)41)31(52-20(3)42)32(53-21(4)43)33(54-29)39-13-22(37-38-39)14-49-50-16-28(34(44)45)36-35(46)48-15-27-25-11-7-5-9-23(25)24-10-6-8-12-26(24)27/h5-13,27-33H,14-17H2,1-4H3,(H,36,46)(H,44,45)/t28-,29+,30-,31-,32+,33+/m0/s1. The van der Waals surface area contributed by atoms with Crippen LogP contribution in [0.1, 0.15) is 56.7 Å². The van der Waals surface area contributed by atoms with Gasteiger partial charge in [-0.15, -0.1) is 5.10 Å². The van der Waals surface area contributed by atoms with Gasteiger partial charge in [0.1, 0.15) is 38.2 Å². The molecular weight excluding hydrogens is 716 g/mol. The molecule has 6 atom stereocenters. The van der Waals surface area contributed by atoms with E-state index < -0.39 is 85.8 Å². The molecule has 1 aromatic heterocycles. The molecule has 288 valence electrons. The van der Waals surface area contributed by atoms with Crippen molar-refractivity contribution >= 4 is 35.9 Å². The molecule has 0 saturated carbocycles. The summed E-state index contributed by atoms with van der Waals surface area (Å²) in [6.07, 6.45) is -6.48. The molecule has 2 heterocycles. The van der Waals surface area contributed by atoms with Crippen molar-refractivity contribution in [3.8, 4) is 11.1 Å². The van der Waals surface area contributed by atoms with Crippen molar-refractivity contribution in [2.75, 3.05) is 19.8 Å². The van der Waals surface area contributed by atoms with E-state index in [9.17, 15) is 33.9 Å². The summed E-state index contributed by atoms with van der Waals surface area (Å²) < 4.78 is 33.9. The molecule has 0 radical (unpaired) electrons. The smallest absolute Gasteiger partial charge is 0.407 e. The number of hydrogen-bond acceptors (Lipinski definition) is 16. The number of aliphatic carboxylic acids is 1. The second kappa shape index (κ2) is 17.7. The van der Waals surface area contributed by atoms with Crippen LogP contribution >= 0.6 is 0 Å². The predicted octanol–water partition coefficient (Wildman–Crippen LogP) is 1.97. The zero-order valence-electron chi connectivity index (χ0n) is 29.6. The number of nitrogens with zero attached hydrogens (tertiary/aromatic N) is 3. The van der Waals surface area contributed by atoms with E-state index in [1.54, 1.807) is 0 Å². The van der Waals surface area contributed by atoms with Gasteiger partial charge in [-0.2, -0.15) is 0 Å². The van der Waals surface area contributed by atoms with Crippen LogP contribution in [-0.2, 0) is 68.8 Å². The summed E-state index contributed by atoms with van der Waals surface area (Å²) in [5, 5.41) is 19.9. The largest absolute Gasteiger partial charge is 0.480 e. The molecular formula is C35H38N4O15. The van der Waals surface area contributed by atoms with Crippen molar-refractivity contribution in [1.82, 2.24) is 20.3 Å². The quantitative estimate of drug-likeness (QED) is 0.0741. The van der Waals surface area contributed by atoms with Crippen LogP contribution in [0.4, 0.5) is 4.79 Å². The average molecular weight is 755 g/mol. The van der Waals surface area contributed by atoms with Crippen molar-refractivity contribution in [2.24, 2.45) is 0 Å². The minimum absolute atomic E-state index is 0.0290. The van der Waals surface area contributed by atoms with E-state index in [0.717, 1.165) is 54.6 Å². The highest BCUT2D eigenvalue weighted by Gasteiger charge is 2.53. The van der Waals surface area contributed by atoms with E-state index >= 15 is 0 Å². The highest BCUT2D eigenvalue weighted by atomic mass is 17.2. The predicted molar refractivity (Wildman–Crippen MR) is 178 cm³/mol. The van der Waals surface area contributed by atoms with Crippen LogP contribution in [0.15, 0.2) is 54.7 Å². The number of carboxylic acid groups (broad SMARTS) is 1. The molecule has 19 nitrogen and oxygen atoms in total. The number of carboxylic acids is 1. The van der Waals surface area contributed by atoms with Gasteiger partial charge in [0.25, 0.3) is 0 Å². The van der Waals surface area contributed by atoms with Crippen molar-refractivity contribution in [3.63, 3.8) is 0 Å². The third-order valence-corrected chi connectivity index (χ3v) is 8.24. The molecule has 0 spiro atoms. The molecule has 0 bridgehead atoms. The Morgan fingerprint density at radius 1 is 0.778 bits per heavy atom. The Morgan fingerprint density at radius 2 is 1.37 bits per heavy atom. The Balaban J connectivity index is 1.19. The van der Waals surface area contributed by atoms with Crippen molar-refractivity contribution in [1.29, 1.82) is 0 Å². The van der Waals surface area contributed by atoms with Crippen LogP contribution in [0.2, 0.25) is 0 Å². The highest BCUT2D eigenvalue weighted by Crippen LogP contribution is 2.44. The molecule has 54 heavy (non-hydrogen) atoms. The van der Waals surface area contributed by atoms with E-state index in [0.29, 0.717) is 0 Å². The molecule has 1 saturated heterocycles. The first-order valence-electron chi connectivity index (χ1n) is 16.6. The second-order valence-corrected chi connectivity index (χ2v) is 12.2. The number of fused-ring (bicyclic) bond motifs is 3. The first kappa shape index (κ1) is 39.3. The van der Waals surface area contributed by atoms with E-state index in [1.807, 2.05) is 48.5 Å². The van der Waals surface area contributed by atoms with E-state index in [1.165, 1.54) is 6.20 Å². The van der Waals surface area contributed by atoms with Crippen LogP contribution < -0.4 is 5.32 Å². The zero-order chi connectivity index (χ0) is 38.9. The van der Waals surface area contributed by atoms with Crippen LogP contribution in [0.5, 0.6) is 0 Å². The fourth-order valence-corrected chi connectivity index (χ4v) is 6.10. The van der Waals surface area contributed by atoms with Gasteiger partial charge in [0.05, 0.1) is 6.20 Å². The number of hydrogen-bond donors (Lipinski definition) is 2. The normalized spacial score (nSPS) is 20.8. The maximum Gasteiger partial charge on any atom is 0.407 e. The first-order chi connectivity index (χ1) is 25.8. The molecule has 1 amide bonds. The van der Waals surface area contributed by atoms with Gasteiger partial charge in [-0.1, -0.05) is 53.7 Å². The minimum atomic E-state index is -1.55. The summed E-state index contributed by atoms with van der Waals surface area (Å²) in [6.45, 7) is 2.96. The maximum atomic E-state index is 12.7. The number of carbonyl (C=O) groups excluding carboxylic acids is 5. The molecule has 1 fully saturated rings. The first-order valence-corrected chi connectivity index (χ1v) is 16.6. The van der Waals surface area contributed by atoms with Crippen molar-refractivity contribution in [3.05, 3.63) is 71.5 Å². The number of benzene rings is 2. The van der Waals surface area contributed by atoms with Gasteiger partial charge in [0.2, 0.25) is 0 Å². The number of carbonyl (C=O) groups is 6. The van der Waals surface area contributed by atoms with Crippen LogP contribution in [-0.4, -0.2) is 106 Å². The number of ether oxygens (including phenoxy) is 6. The second-order valence-electron chi connectivity index (χ2n) is 12.2. The van der Waals surface area contributed by atoms with Gasteiger partial charge < -0.3 is 38.8 Å². The summed E-state index contributed by atoms with van der Waals surface area (Å²) in [6, 6.07) is 14.0. The number of nitrogens with one attached hydrogen (secondary N) is 1. The van der Waals surface area contributed by atoms with Crippen LogP contribution in [0.25, 0.3) is 11.1 Å². The zero-order valence-corrected chi connectivity index (χ0v) is 29.6. The lowest BCUT2D eigenvalue weighted by molar-refractivity contribution is -0.306. The third kappa shape index (κ3) is 9.73. The third-order valence-electron chi connectivity index (χ3n) is 8.24. The number of esters is 4. The molecule has 2 N–H and O–H groups in total. The van der Waals surface area contributed by atoms with Gasteiger partial charge in [0.15, 0.2) is 30.6 Å². The summed E-state index contributed by atoms with van der Waals surface area (Å²) in [7, 11) is 0. The molecule has 2 aliphatic rings. The monoisotopic (exact) mass is 754 g/mol. The van der Waals surface area contributed by atoms with Crippen molar-refractivity contribution < 1.29 is 72.1 Å². The number of aromatic nitrogens is 3. The Labute approximate surface area is 307 Å². The van der Waals surface area contributed by atoms with Gasteiger partial charge >= 0.3 is 35.9 Å². The summed E-state index contributed by atoms with van der Waals surface area (Å²) >= 11 is 0. The molecule has 19 heteroatoms. The average Bonchev–Trinajstić information content (AvgIpc) is 3.71. The van der Waals surface area contributed by atoms with Crippen LogP contribution in [0.3, 0.4) is 0 Å². The molecule has 3 aromatic rings. The fourth-order valence-electron chi connectivity index (χ4n) is 6.10. The SMILES string of the molecule is CC(=O)OC[C@H]1O[C@@H](n2cc(COOC[C@H](NC(=O)OCC3c4ccccc4-c4ccccc43)C(=O)O)nn2)[C@H](OC(C)=O)[C@@H](OC(C)=O)[C@H]1OC(C)=O. The number of rotatable bonds is 15. The van der Waals surface area contributed by atoms with E-state index in [-0.39, 0.29) is 24.8 Å². The summed E-state index contributed by atoms with van der Waals surface area (Å²) in [4.78, 5) is 82.5. The topological polar surface area (TPSA) is 239 Å².